The highest BCUT2D eigenvalue weighted by atomic mass is 32.2. The van der Waals surface area contributed by atoms with Crippen molar-refractivity contribution < 1.29 is 32.0 Å². The number of benzene rings is 1. The Labute approximate surface area is 154 Å². The first-order valence-corrected chi connectivity index (χ1v) is 8.26. The van der Waals surface area contributed by atoms with Crippen LogP contribution in [0, 0.1) is 10.1 Å². The normalized spacial score (nSPS) is 11.0. The van der Waals surface area contributed by atoms with Gasteiger partial charge in [-0.25, -0.2) is 0 Å². The van der Waals surface area contributed by atoms with Crippen LogP contribution in [-0.4, -0.2) is 28.8 Å². The van der Waals surface area contributed by atoms with Crippen molar-refractivity contribution in [3.8, 4) is 23.1 Å². The first kappa shape index (κ1) is 18.6. The van der Waals surface area contributed by atoms with Gasteiger partial charge < -0.3 is 18.3 Å². The molecule has 2 heterocycles. The molecule has 3 rings (SSSR count). The van der Waals surface area contributed by atoms with E-state index in [9.17, 15) is 18.9 Å². The molecule has 142 valence electrons. The fraction of sp³-hybridized carbons (Fsp3) is 0.200. The summed E-state index contributed by atoms with van der Waals surface area (Å²) in [6.45, 7) is -3.14. The van der Waals surface area contributed by atoms with Gasteiger partial charge in [-0.05, 0) is 18.2 Å². The van der Waals surface area contributed by atoms with Crippen molar-refractivity contribution in [1.82, 2.24) is 10.2 Å². The van der Waals surface area contributed by atoms with Crippen LogP contribution in [0.2, 0.25) is 0 Å². The van der Waals surface area contributed by atoms with E-state index in [-0.39, 0.29) is 28.2 Å². The molecule has 0 N–H and O–H groups in total. The number of alkyl halides is 2. The zero-order valence-corrected chi connectivity index (χ0v) is 14.4. The summed E-state index contributed by atoms with van der Waals surface area (Å²) in [4.78, 5) is 10.6. The molecule has 0 atom stereocenters. The van der Waals surface area contributed by atoms with E-state index in [1.165, 1.54) is 19.4 Å². The van der Waals surface area contributed by atoms with Crippen molar-refractivity contribution in [3.63, 3.8) is 0 Å². The summed E-state index contributed by atoms with van der Waals surface area (Å²) in [6, 6.07) is 5.44. The third-order valence-corrected chi connectivity index (χ3v) is 4.13. The minimum atomic E-state index is -3.14. The van der Waals surface area contributed by atoms with Gasteiger partial charge in [0.15, 0.2) is 17.3 Å². The van der Waals surface area contributed by atoms with Crippen molar-refractivity contribution in [3.05, 3.63) is 46.2 Å². The number of hydrogen-bond acceptors (Lipinski definition) is 9. The molecule has 1 aromatic carbocycles. The Morgan fingerprint density at radius 1 is 1.33 bits per heavy atom. The maximum Gasteiger partial charge on any atom is 0.387 e. The second kappa shape index (κ2) is 8.03. The Kier molecular flexibility index (Phi) is 5.54. The maximum atomic E-state index is 12.5. The third-order valence-electron chi connectivity index (χ3n) is 3.27. The minimum absolute atomic E-state index is 0.0570. The fourth-order valence-electron chi connectivity index (χ4n) is 2.13. The van der Waals surface area contributed by atoms with Crippen molar-refractivity contribution in [1.29, 1.82) is 0 Å². The summed E-state index contributed by atoms with van der Waals surface area (Å²) < 4.78 is 44.7. The molecule has 0 fully saturated rings. The van der Waals surface area contributed by atoms with Crippen LogP contribution in [0.3, 0.4) is 0 Å². The Balaban J connectivity index is 1.82. The Bertz CT molecular complexity index is 932. The van der Waals surface area contributed by atoms with Gasteiger partial charge in [-0.15, -0.1) is 10.2 Å². The van der Waals surface area contributed by atoms with Gasteiger partial charge in [-0.3, -0.25) is 10.1 Å². The Morgan fingerprint density at radius 3 is 2.78 bits per heavy atom. The maximum absolute atomic E-state index is 12.5. The number of rotatable bonds is 8. The second-order valence-corrected chi connectivity index (χ2v) is 5.83. The lowest BCUT2D eigenvalue weighted by atomic mass is 10.2. The van der Waals surface area contributed by atoms with Gasteiger partial charge in [0.2, 0.25) is 0 Å². The standard InChI is InChI=1S/C15H11F2N3O6S/c1-23-11-5-8(9(20(21)22)6-12(11)25-14(16)17)7-27-15-19-18-13(26-15)10-3-2-4-24-10/h2-6,14H,7H2,1H3. The van der Waals surface area contributed by atoms with E-state index in [1.807, 2.05) is 0 Å². The van der Waals surface area contributed by atoms with Gasteiger partial charge in [0.1, 0.15) is 0 Å². The number of hydrogen-bond donors (Lipinski definition) is 0. The number of nitro benzene ring substituents is 1. The summed E-state index contributed by atoms with van der Waals surface area (Å²) in [5, 5.41) is 19.1. The molecule has 0 amide bonds. The van der Waals surface area contributed by atoms with E-state index in [1.54, 1.807) is 12.1 Å². The SMILES string of the molecule is COc1cc(CSc2nnc(-c3ccco3)o2)c([N+](=O)[O-])cc1OC(F)F. The Hall–Kier alpha value is -3.15. The monoisotopic (exact) mass is 399 g/mol. The number of thioether (sulfide) groups is 1. The molecule has 27 heavy (non-hydrogen) atoms. The number of furan rings is 1. The molecule has 0 unspecified atom stereocenters. The van der Waals surface area contributed by atoms with Gasteiger partial charge in [0.05, 0.1) is 24.4 Å². The molecule has 3 aromatic rings. The van der Waals surface area contributed by atoms with Crippen LogP contribution >= 0.6 is 11.8 Å². The van der Waals surface area contributed by atoms with E-state index < -0.39 is 23.0 Å². The molecule has 12 heteroatoms. The highest BCUT2D eigenvalue weighted by Gasteiger charge is 2.22. The molecule has 0 bridgehead atoms. The third kappa shape index (κ3) is 4.34. The molecule has 9 nitrogen and oxygen atoms in total. The number of nitrogens with zero attached hydrogens (tertiary/aromatic N) is 3. The molecule has 0 saturated heterocycles. The summed E-state index contributed by atoms with van der Waals surface area (Å²) in [6.07, 6.45) is 1.45. The highest BCUT2D eigenvalue weighted by Crippen LogP contribution is 2.38. The van der Waals surface area contributed by atoms with Gasteiger partial charge in [0.25, 0.3) is 16.8 Å². The average Bonchev–Trinajstić information content (AvgIpc) is 3.31. The molecular weight excluding hydrogens is 388 g/mol. The fourth-order valence-corrected chi connectivity index (χ4v) is 2.88. The predicted octanol–water partition coefficient (Wildman–Crippen LogP) is 4.14. The van der Waals surface area contributed by atoms with E-state index in [0.29, 0.717) is 5.76 Å². The molecule has 0 saturated carbocycles. The van der Waals surface area contributed by atoms with Crippen LogP contribution in [0.1, 0.15) is 5.56 Å². The molecular formula is C15H11F2N3O6S. The largest absolute Gasteiger partial charge is 0.493 e. The lowest BCUT2D eigenvalue weighted by Gasteiger charge is -2.11. The van der Waals surface area contributed by atoms with E-state index in [4.69, 9.17) is 13.6 Å². The number of aromatic nitrogens is 2. The van der Waals surface area contributed by atoms with Crippen LogP contribution in [0.25, 0.3) is 11.7 Å². The van der Waals surface area contributed by atoms with Gasteiger partial charge in [-0.2, -0.15) is 8.78 Å². The van der Waals surface area contributed by atoms with Crippen LogP contribution < -0.4 is 9.47 Å². The minimum Gasteiger partial charge on any atom is -0.493 e. The number of methoxy groups -OCH3 is 1. The highest BCUT2D eigenvalue weighted by molar-refractivity contribution is 7.98. The molecule has 0 spiro atoms. The first-order chi connectivity index (χ1) is 13.0. The van der Waals surface area contributed by atoms with Crippen molar-refractivity contribution in [2.75, 3.05) is 7.11 Å². The van der Waals surface area contributed by atoms with E-state index in [0.717, 1.165) is 17.8 Å². The summed E-state index contributed by atoms with van der Waals surface area (Å²) in [5.74, 6) is 0.122. The second-order valence-electron chi connectivity index (χ2n) is 4.91. The van der Waals surface area contributed by atoms with Crippen molar-refractivity contribution in [2.24, 2.45) is 0 Å². The first-order valence-electron chi connectivity index (χ1n) is 7.28. The molecule has 0 radical (unpaired) electrons. The molecule has 0 aliphatic rings. The molecule has 0 aliphatic heterocycles. The van der Waals surface area contributed by atoms with Crippen LogP contribution in [0.15, 0.2) is 44.6 Å². The number of halogens is 2. The average molecular weight is 399 g/mol. The number of nitro groups is 1. The van der Waals surface area contributed by atoms with Crippen LogP contribution in [-0.2, 0) is 5.75 Å². The van der Waals surface area contributed by atoms with Crippen molar-refractivity contribution >= 4 is 17.4 Å². The quantitative estimate of drug-likeness (QED) is 0.313. The lowest BCUT2D eigenvalue weighted by Crippen LogP contribution is -2.05. The predicted molar refractivity (Wildman–Crippen MR) is 87.8 cm³/mol. The summed E-state index contributed by atoms with van der Waals surface area (Å²) >= 11 is 1.03. The van der Waals surface area contributed by atoms with Crippen molar-refractivity contribution in [2.45, 2.75) is 17.6 Å². The zero-order chi connectivity index (χ0) is 19.4. The number of ether oxygens (including phenoxy) is 2. The molecule has 2 aromatic heterocycles. The van der Waals surface area contributed by atoms with Gasteiger partial charge in [0, 0.05) is 11.3 Å². The van der Waals surface area contributed by atoms with Gasteiger partial charge in [-0.1, -0.05) is 11.8 Å². The summed E-state index contributed by atoms with van der Waals surface area (Å²) in [7, 11) is 1.24. The lowest BCUT2D eigenvalue weighted by molar-refractivity contribution is -0.385. The van der Waals surface area contributed by atoms with Crippen LogP contribution in [0.4, 0.5) is 14.5 Å². The van der Waals surface area contributed by atoms with Gasteiger partial charge >= 0.3 is 6.61 Å². The van der Waals surface area contributed by atoms with E-state index in [2.05, 4.69) is 14.9 Å². The summed E-state index contributed by atoms with van der Waals surface area (Å²) in [5.41, 5.74) is -0.189. The topological polar surface area (TPSA) is 114 Å². The Morgan fingerprint density at radius 2 is 2.15 bits per heavy atom. The van der Waals surface area contributed by atoms with E-state index >= 15 is 0 Å². The zero-order valence-electron chi connectivity index (χ0n) is 13.6. The smallest absolute Gasteiger partial charge is 0.387 e. The van der Waals surface area contributed by atoms with Crippen LogP contribution in [0.5, 0.6) is 11.5 Å². The molecule has 0 aliphatic carbocycles.